The number of rotatable bonds is 17. The maximum Gasteiger partial charge on any atom is 0.425 e. The molecule has 0 bridgehead atoms. The molecule has 238 valence electrons. The fourth-order valence-corrected chi connectivity index (χ4v) is 4.96. The van der Waals surface area contributed by atoms with Crippen LogP contribution in [0.1, 0.15) is 123 Å². The zero-order chi connectivity index (χ0) is 31.1. The maximum atomic E-state index is 13.4. The molecule has 0 spiro atoms. The Labute approximate surface area is 253 Å². The summed E-state index contributed by atoms with van der Waals surface area (Å²) in [6.07, 6.45) is 3.79. The molecule has 1 atom stereocenters. The van der Waals surface area contributed by atoms with Gasteiger partial charge < -0.3 is 18.9 Å². The van der Waals surface area contributed by atoms with Gasteiger partial charge in [-0.3, -0.25) is 0 Å². The molecule has 43 heavy (non-hydrogen) atoms. The van der Waals surface area contributed by atoms with Crippen molar-refractivity contribution in [2.24, 2.45) is 5.92 Å². The van der Waals surface area contributed by atoms with Gasteiger partial charge >= 0.3 is 18.1 Å². The molecule has 1 aliphatic rings. The van der Waals surface area contributed by atoms with Gasteiger partial charge in [-0.25, -0.2) is 9.59 Å². The normalized spacial score (nSPS) is 17.8. The second-order valence-corrected chi connectivity index (χ2v) is 11.2. The van der Waals surface area contributed by atoms with Gasteiger partial charge in [-0.05, 0) is 55.7 Å². The van der Waals surface area contributed by atoms with Crippen LogP contribution < -0.4 is 4.74 Å². The first-order chi connectivity index (χ1) is 20.7. The van der Waals surface area contributed by atoms with E-state index in [1.807, 2.05) is 6.92 Å². The Bertz CT molecular complexity index is 1090. The van der Waals surface area contributed by atoms with Gasteiger partial charge in [0.15, 0.2) is 12.4 Å². The largest absolute Gasteiger partial charge is 0.449 e. The Morgan fingerprint density at radius 3 is 1.91 bits per heavy atom. The van der Waals surface area contributed by atoms with E-state index >= 15 is 0 Å². The number of esters is 2. The standard InChI is InChI=1S/C34H45F3O6/c1-3-5-7-9-10-11-13-25-23-40-33(41-24-25)28-17-15-26(16-18-28)31(38)42-29-21-19-27(20-22-29)32(39)43-30(34(35,36)37)14-12-8-6-4-2/h15-22,25,30,33H,3-14,23-24H2,1-2H3. The van der Waals surface area contributed by atoms with Crippen LogP contribution in [0.2, 0.25) is 0 Å². The Kier molecular flexibility index (Phi) is 14.5. The second-order valence-electron chi connectivity index (χ2n) is 11.2. The second kappa shape index (κ2) is 18.0. The van der Waals surface area contributed by atoms with E-state index in [-0.39, 0.29) is 17.7 Å². The minimum Gasteiger partial charge on any atom is -0.449 e. The van der Waals surface area contributed by atoms with E-state index in [2.05, 4.69) is 6.92 Å². The SMILES string of the molecule is CCCCCCCCC1COC(c2ccc(C(=O)Oc3ccc(C(=O)OC(CCCCCC)C(F)(F)F)cc3)cc2)OC1. The van der Waals surface area contributed by atoms with Crippen molar-refractivity contribution in [3.63, 3.8) is 0 Å². The monoisotopic (exact) mass is 606 g/mol. The van der Waals surface area contributed by atoms with Crippen LogP contribution in [-0.4, -0.2) is 37.4 Å². The van der Waals surface area contributed by atoms with E-state index in [1.165, 1.54) is 62.8 Å². The van der Waals surface area contributed by atoms with Crippen LogP contribution in [0, 0.1) is 5.92 Å². The van der Waals surface area contributed by atoms with E-state index in [0.29, 0.717) is 37.5 Å². The maximum absolute atomic E-state index is 13.4. The molecule has 2 aromatic rings. The summed E-state index contributed by atoms with van der Waals surface area (Å²) in [5.74, 6) is -1.15. The first kappa shape index (κ1) is 34.6. The molecule has 0 aliphatic carbocycles. The smallest absolute Gasteiger partial charge is 0.425 e. The third-order valence-electron chi connectivity index (χ3n) is 7.59. The minimum absolute atomic E-state index is 0.0614. The molecule has 1 saturated heterocycles. The lowest BCUT2D eigenvalue weighted by atomic mass is 10.0. The summed E-state index contributed by atoms with van der Waals surface area (Å²) in [7, 11) is 0. The Morgan fingerprint density at radius 2 is 1.30 bits per heavy atom. The molecule has 6 nitrogen and oxygen atoms in total. The lowest BCUT2D eigenvalue weighted by Gasteiger charge is -2.29. The van der Waals surface area contributed by atoms with Crippen molar-refractivity contribution in [2.75, 3.05) is 13.2 Å². The molecular weight excluding hydrogens is 561 g/mol. The fraction of sp³-hybridized carbons (Fsp3) is 0.588. The molecule has 2 aromatic carbocycles. The van der Waals surface area contributed by atoms with Gasteiger partial charge in [0, 0.05) is 11.5 Å². The summed E-state index contributed by atoms with van der Waals surface area (Å²) in [6.45, 7) is 5.47. The average Bonchev–Trinajstić information content (AvgIpc) is 3.00. The van der Waals surface area contributed by atoms with Crippen molar-refractivity contribution >= 4 is 11.9 Å². The molecule has 0 aromatic heterocycles. The average molecular weight is 607 g/mol. The fourth-order valence-electron chi connectivity index (χ4n) is 4.96. The highest BCUT2D eigenvalue weighted by Crippen LogP contribution is 2.29. The number of carbonyl (C=O) groups excluding carboxylic acids is 2. The molecule has 3 rings (SSSR count). The summed E-state index contributed by atoms with van der Waals surface area (Å²) in [5, 5.41) is 0. The van der Waals surface area contributed by atoms with E-state index < -0.39 is 30.5 Å². The van der Waals surface area contributed by atoms with Crippen molar-refractivity contribution in [3.05, 3.63) is 65.2 Å². The van der Waals surface area contributed by atoms with Gasteiger partial charge in [0.2, 0.25) is 0 Å². The van der Waals surface area contributed by atoms with Gasteiger partial charge in [-0.15, -0.1) is 0 Å². The third-order valence-corrected chi connectivity index (χ3v) is 7.59. The van der Waals surface area contributed by atoms with Gasteiger partial charge in [0.25, 0.3) is 0 Å². The summed E-state index contributed by atoms with van der Waals surface area (Å²) >= 11 is 0. The van der Waals surface area contributed by atoms with Crippen LogP contribution in [0.4, 0.5) is 13.2 Å². The molecule has 0 radical (unpaired) electrons. The van der Waals surface area contributed by atoms with Crippen molar-refractivity contribution in [3.8, 4) is 5.75 Å². The topological polar surface area (TPSA) is 71.1 Å². The molecule has 1 fully saturated rings. The molecule has 1 unspecified atom stereocenters. The highest BCUT2D eigenvalue weighted by Gasteiger charge is 2.42. The van der Waals surface area contributed by atoms with Crippen LogP contribution >= 0.6 is 0 Å². The van der Waals surface area contributed by atoms with Crippen LogP contribution in [0.3, 0.4) is 0 Å². The number of benzene rings is 2. The zero-order valence-corrected chi connectivity index (χ0v) is 25.3. The molecular formula is C34H45F3O6. The van der Waals surface area contributed by atoms with E-state index in [1.54, 1.807) is 24.3 Å². The van der Waals surface area contributed by atoms with E-state index in [4.69, 9.17) is 18.9 Å². The lowest BCUT2D eigenvalue weighted by molar-refractivity contribution is -0.206. The number of hydrogen-bond acceptors (Lipinski definition) is 6. The number of hydrogen-bond donors (Lipinski definition) is 0. The van der Waals surface area contributed by atoms with Gasteiger partial charge in [0.05, 0.1) is 24.3 Å². The predicted molar refractivity (Wildman–Crippen MR) is 158 cm³/mol. The van der Waals surface area contributed by atoms with Crippen LogP contribution in [0.25, 0.3) is 0 Å². The van der Waals surface area contributed by atoms with E-state index in [9.17, 15) is 22.8 Å². The van der Waals surface area contributed by atoms with Gasteiger partial charge in [0.1, 0.15) is 5.75 Å². The number of carbonyl (C=O) groups is 2. The van der Waals surface area contributed by atoms with Gasteiger partial charge in [-0.2, -0.15) is 13.2 Å². The Morgan fingerprint density at radius 1 is 0.767 bits per heavy atom. The summed E-state index contributed by atoms with van der Waals surface area (Å²) in [4.78, 5) is 25.0. The van der Waals surface area contributed by atoms with E-state index in [0.717, 1.165) is 24.8 Å². The third kappa shape index (κ3) is 11.9. The van der Waals surface area contributed by atoms with Crippen molar-refractivity contribution in [1.29, 1.82) is 0 Å². The van der Waals surface area contributed by atoms with Crippen molar-refractivity contribution in [1.82, 2.24) is 0 Å². The number of unbranched alkanes of at least 4 members (excludes halogenated alkanes) is 8. The number of halogens is 3. The summed E-state index contributed by atoms with van der Waals surface area (Å²) in [5.41, 5.74) is 1.05. The molecule has 0 amide bonds. The highest BCUT2D eigenvalue weighted by atomic mass is 19.4. The minimum atomic E-state index is -4.64. The number of alkyl halides is 3. The molecule has 1 heterocycles. The van der Waals surface area contributed by atoms with Gasteiger partial charge in [-0.1, -0.05) is 83.8 Å². The Balaban J connectivity index is 1.44. The molecule has 0 saturated carbocycles. The van der Waals surface area contributed by atoms with Crippen LogP contribution in [0.5, 0.6) is 5.75 Å². The van der Waals surface area contributed by atoms with Crippen molar-refractivity contribution < 1.29 is 41.7 Å². The van der Waals surface area contributed by atoms with Crippen LogP contribution in [0.15, 0.2) is 48.5 Å². The van der Waals surface area contributed by atoms with Crippen molar-refractivity contribution in [2.45, 2.75) is 109 Å². The summed E-state index contributed by atoms with van der Waals surface area (Å²) < 4.78 is 62.1. The lowest BCUT2D eigenvalue weighted by Crippen LogP contribution is -2.33. The highest BCUT2D eigenvalue weighted by molar-refractivity contribution is 5.92. The predicted octanol–water partition coefficient (Wildman–Crippen LogP) is 9.38. The van der Waals surface area contributed by atoms with Crippen LogP contribution in [-0.2, 0) is 14.2 Å². The molecule has 0 N–H and O–H groups in total. The summed E-state index contributed by atoms with van der Waals surface area (Å²) in [6, 6.07) is 12.0. The molecule has 1 aliphatic heterocycles. The first-order valence-corrected chi connectivity index (χ1v) is 15.6. The molecule has 9 heteroatoms. The quantitative estimate of drug-likeness (QED) is 0.102. The Hall–Kier alpha value is -2.91. The first-order valence-electron chi connectivity index (χ1n) is 15.6. The number of ether oxygens (including phenoxy) is 4. The zero-order valence-electron chi connectivity index (χ0n) is 25.3.